The maximum atomic E-state index is 14.8. The van der Waals surface area contributed by atoms with Gasteiger partial charge in [-0.05, 0) is 80.1 Å². The summed E-state index contributed by atoms with van der Waals surface area (Å²) in [5, 5.41) is 21.1. The zero-order chi connectivity index (χ0) is 19.8. The zero-order valence-corrected chi connectivity index (χ0v) is 16.7. The third-order valence-corrected chi connectivity index (χ3v) is 8.80. The van der Waals surface area contributed by atoms with Crippen molar-refractivity contribution in [2.24, 2.45) is 29.1 Å². The Labute approximate surface area is 170 Å². The molecule has 4 saturated carbocycles. The number of aliphatic hydroxyl groups is 2. The Hall–Kier alpha value is -1.72. The van der Waals surface area contributed by atoms with Crippen LogP contribution in [-0.4, -0.2) is 32.5 Å². The molecule has 5 aliphatic rings. The summed E-state index contributed by atoms with van der Waals surface area (Å²) in [5.41, 5.74) is 2.54. The summed E-state index contributed by atoms with van der Waals surface area (Å²) < 4.78 is 16.8. The molecule has 5 heteroatoms. The van der Waals surface area contributed by atoms with Gasteiger partial charge >= 0.3 is 0 Å². The predicted molar refractivity (Wildman–Crippen MR) is 108 cm³/mol. The van der Waals surface area contributed by atoms with Crippen LogP contribution in [0.4, 0.5) is 4.39 Å². The molecule has 1 aromatic heterocycles. The molecule has 29 heavy (non-hydrogen) atoms. The average molecular weight is 397 g/mol. The highest BCUT2D eigenvalue weighted by Crippen LogP contribution is 2.64. The molecule has 4 unspecified atom stereocenters. The van der Waals surface area contributed by atoms with Crippen molar-refractivity contribution in [3.63, 3.8) is 0 Å². The van der Waals surface area contributed by atoms with Crippen LogP contribution in [0.3, 0.4) is 0 Å². The Kier molecular flexibility index (Phi) is 3.98. The van der Waals surface area contributed by atoms with Crippen LogP contribution in [0.5, 0.6) is 0 Å². The van der Waals surface area contributed by atoms with Gasteiger partial charge in [-0.2, -0.15) is 0 Å². The van der Waals surface area contributed by atoms with Gasteiger partial charge in [0.15, 0.2) is 0 Å². The quantitative estimate of drug-likeness (QED) is 0.798. The van der Waals surface area contributed by atoms with E-state index in [2.05, 4.69) is 4.98 Å². The fourth-order valence-corrected chi connectivity index (χ4v) is 7.91. The van der Waals surface area contributed by atoms with Gasteiger partial charge in [0.25, 0.3) is 0 Å². The number of hydrogen-bond acceptors (Lipinski definition) is 3. The molecule has 2 heterocycles. The van der Waals surface area contributed by atoms with Crippen LogP contribution in [0.1, 0.15) is 56.6 Å². The van der Waals surface area contributed by atoms with E-state index >= 15 is 0 Å². The molecule has 4 aliphatic carbocycles. The molecule has 4 atom stereocenters. The third-order valence-electron chi connectivity index (χ3n) is 8.80. The third kappa shape index (κ3) is 2.53. The van der Waals surface area contributed by atoms with Gasteiger partial charge in [-0.3, -0.25) is 0 Å². The second kappa shape index (κ2) is 6.39. The number of rotatable bonds is 5. The van der Waals surface area contributed by atoms with E-state index in [-0.39, 0.29) is 23.9 Å². The number of aliphatic hydroxyl groups excluding tert-OH is 2. The van der Waals surface area contributed by atoms with E-state index in [4.69, 9.17) is 0 Å². The molecule has 1 aliphatic heterocycles. The van der Waals surface area contributed by atoms with Crippen LogP contribution in [0.25, 0.3) is 11.3 Å². The molecule has 4 fully saturated rings. The van der Waals surface area contributed by atoms with Crippen molar-refractivity contribution in [2.45, 2.75) is 57.1 Å². The van der Waals surface area contributed by atoms with Gasteiger partial charge < -0.3 is 14.8 Å². The first-order valence-electron chi connectivity index (χ1n) is 11.2. The van der Waals surface area contributed by atoms with E-state index in [1.54, 1.807) is 18.6 Å². The summed E-state index contributed by atoms with van der Waals surface area (Å²) >= 11 is 0. The van der Waals surface area contributed by atoms with Crippen LogP contribution < -0.4 is 0 Å². The highest BCUT2D eigenvalue weighted by Gasteiger charge is 2.57. The maximum absolute atomic E-state index is 14.8. The summed E-state index contributed by atoms with van der Waals surface area (Å²) in [6, 6.07) is 5.06. The lowest BCUT2D eigenvalue weighted by Gasteiger charge is -2.62. The first-order valence-corrected chi connectivity index (χ1v) is 11.2. The van der Waals surface area contributed by atoms with E-state index < -0.39 is 6.10 Å². The van der Waals surface area contributed by atoms with Gasteiger partial charge in [0.05, 0.1) is 30.4 Å². The number of benzene rings is 1. The van der Waals surface area contributed by atoms with Crippen molar-refractivity contribution in [3.05, 3.63) is 42.1 Å². The van der Waals surface area contributed by atoms with Gasteiger partial charge in [-0.1, -0.05) is 12.1 Å². The van der Waals surface area contributed by atoms with Crippen LogP contribution in [0.15, 0.2) is 30.7 Å². The molecular weight excluding hydrogens is 367 g/mol. The number of halogens is 1. The molecule has 7 rings (SSSR count). The van der Waals surface area contributed by atoms with Crippen LogP contribution in [-0.2, 0) is 0 Å². The van der Waals surface area contributed by atoms with E-state index in [9.17, 15) is 14.6 Å². The number of hydrogen-bond donors (Lipinski definition) is 2. The Bertz CT molecular complexity index is 925. The van der Waals surface area contributed by atoms with Gasteiger partial charge in [-0.25, -0.2) is 9.37 Å². The Morgan fingerprint density at radius 3 is 2.76 bits per heavy atom. The minimum Gasteiger partial charge on any atom is -0.396 e. The van der Waals surface area contributed by atoms with Gasteiger partial charge in [-0.15, -0.1) is 0 Å². The molecule has 0 amide bonds. The van der Waals surface area contributed by atoms with Crippen molar-refractivity contribution < 1.29 is 14.6 Å². The smallest absolute Gasteiger partial charge is 0.129 e. The normalized spacial score (nSPS) is 37.6. The monoisotopic (exact) mass is 396 g/mol. The van der Waals surface area contributed by atoms with Crippen LogP contribution in [0, 0.1) is 34.9 Å². The number of imidazole rings is 1. The molecule has 0 spiro atoms. The standard InChI is InChI=1S/C24H29FN2O2/c25-19-3-1-2-18-21-12-26-13-27(21)20(23(18)19)8-22(29)24-9-14-6-15(10-24)17(4-5-28)16(7-14)11-24/h1-3,12-17,20,22,28-29H,4-11H2. The molecule has 2 aromatic rings. The van der Waals surface area contributed by atoms with E-state index in [0.29, 0.717) is 35.7 Å². The maximum Gasteiger partial charge on any atom is 0.129 e. The number of aromatic nitrogens is 2. The molecule has 4 bridgehead atoms. The number of fused-ring (bicyclic) bond motifs is 3. The fraction of sp³-hybridized carbons (Fsp3) is 0.625. The second-order valence-electron chi connectivity index (χ2n) is 10.2. The Morgan fingerprint density at radius 2 is 2.00 bits per heavy atom. The highest BCUT2D eigenvalue weighted by atomic mass is 19.1. The second-order valence-corrected chi connectivity index (χ2v) is 10.2. The summed E-state index contributed by atoms with van der Waals surface area (Å²) in [4.78, 5) is 4.29. The lowest BCUT2D eigenvalue weighted by molar-refractivity contribution is -0.153. The molecule has 2 N–H and O–H groups in total. The van der Waals surface area contributed by atoms with Crippen molar-refractivity contribution in [3.8, 4) is 11.3 Å². The van der Waals surface area contributed by atoms with Crippen molar-refractivity contribution in [1.82, 2.24) is 9.55 Å². The van der Waals surface area contributed by atoms with Gasteiger partial charge in [0.2, 0.25) is 0 Å². The lowest BCUT2D eigenvalue weighted by Crippen LogP contribution is -2.55. The van der Waals surface area contributed by atoms with Gasteiger partial charge in [0, 0.05) is 17.7 Å². The van der Waals surface area contributed by atoms with Crippen molar-refractivity contribution in [2.75, 3.05) is 6.61 Å². The first-order chi connectivity index (χ1) is 14.1. The van der Waals surface area contributed by atoms with Crippen LogP contribution in [0.2, 0.25) is 0 Å². The molecule has 4 nitrogen and oxygen atoms in total. The van der Waals surface area contributed by atoms with Crippen LogP contribution >= 0.6 is 0 Å². The molecule has 0 radical (unpaired) electrons. The Balaban J connectivity index is 1.31. The molecule has 1 aromatic carbocycles. The summed E-state index contributed by atoms with van der Waals surface area (Å²) in [6.07, 6.45) is 10.4. The largest absolute Gasteiger partial charge is 0.396 e. The average Bonchev–Trinajstić information content (AvgIpc) is 3.27. The summed E-state index contributed by atoms with van der Waals surface area (Å²) in [6.45, 7) is 0.277. The first kappa shape index (κ1) is 18.1. The topological polar surface area (TPSA) is 58.3 Å². The zero-order valence-electron chi connectivity index (χ0n) is 16.7. The summed E-state index contributed by atoms with van der Waals surface area (Å²) in [5.74, 6) is 2.44. The molecule has 0 saturated heterocycles. The SMILES string of the molecule is OCCC1C2CC3CC1CC(C(O)CC1c4c(F)cccc4-c4cncn41)(C3)C2. The van der Waals surface area contributed by atoms with Gasteiger partial charge in [0.1, 0.15) is 5.82 Å². The van der Waals surface area contributed by atoms with E-state index in [1.165, 1.54) is 18.9 Å². The van der Waals surface area contributed by atoms with Crippen molar-refractivity contribution >= 4 is 0 Å². The van der Waals surface area contributed by atoms with Crippen molar-refractivity contribution in [1.29, 1.82) is 0 Å². The predicted octanol–water partition coefficient (Wildman–Crippen LogP) is 4.17. The highest BCUT2D eigenvalue weighted by molar-refractivity contribution is 5.69. The lowest BCUT2D eigenvalue weighted by atomic mass is 9.44. The van der Waals surface area contributed by atoms with E-state index in [1.807, 2.05) is 10.6 Å². The minimum absolute atomic E-state index is 0.0305. The minimum atomic E-state index is -0.434. The van der Waals surface area contributed by atoms with E-state index in [0.717, 1.165) is 36.9 Å². The number of nitrogens with zero attached hydrogens (tertiary/aromatic N) is 2. The molecule has 154 valence electrons. The fourth-order valence-electron chi connectivity index (χ4n) is 7.91. The summed E-state index contributed by atoms with van der Waals surface area (Å²) in [7, 11) is 0. The Morgan fingerprint density at radius 1 is 1.21 bits per heavy atom. The molecular formula is C24H29FN2O2.